The molecule has 0 amide bonds. The summed E-state index contributed by atoms with van der Waals surface area (Å²) in [4.78, 5) is 24.3. The van der Waals surface area contributed by atoms with Crippen molar-refractivity contribution in [1.29, 1.82) is 0 Å². The van der Waals surface area contributed by atoms with E-state index in [9.17, 15) is 4.79 Å². The first-order chi connectivity index (χ1) is 17.0. The van der Waals surface area contributed by atoms with Crippen LogP contribution in [0.15, 0.2) is 57.9 Å². The highest BCUT2D eigenvalue weighted by Crippen LogP contribution is 2.28. The second-order valence-corrected chi connectivity index (χ2v) is 9.94. The molecule has 8 heteroatoms. The highest BCUT2D eigenvalue weighted by atomic mass is 35.5. The third kappa shape index (κ3) is 5.26. The number of rotatable bonds is 7. The Morgan fingerprint density at radius 2 is 1.86 bits per heavy atom. The quantitative estimate of drug-likeness (QED) is 0.367. The summed E-state index contributed by atoms with van der Waals surface area (Å²) in [6, 6.07) is 13.6. The minimum atomic E-state index is -0.0263. The highest BCUT2D eigenvalue weighted by molar-refractivity contribution is 6.31. The molecule has 0 aliphatic heterocycles. The van der Waals surface area contributed by atoms with Crippen molar-refractivity contribution < 1.29 is 4.42 Å². The van der Waals surface area contributed by atoms with Gasteiger partial charge in [-0.1, -0.05) is 23.7 Å². The number of para-hydroxylation sites is 1. The van der Waals surface area contributed by atoms with Gasteiger partial charge in [-0.3, -0.25) is 4.79 Å². The van der Waals surface area contributed by atoms with Crippen molar-refractivity contribution in [3.05, 3.63) is 69.5 Å². The Morgan fingerprint density at radius 3 is 2.66 bits per heavy atom. The molecule has 1 aliphatic rings. The molecule has 7 nitrogen and oxygen atoms in total. The number of aromatic nitrogens is 2. The molecule has 2 aromatic carbocycles. The van der Waals surface area contributed by atoms with E-state index in [2.05, 4.69) is 16.7 Å². The van der Waals surface area contributed by atoms with Crippen LogP contribution in [0, 0.1) is 5.92 Å². The fourth-order valence-electron chi connectivity index (χ4n) is 4.84. The van der Waals surface area contributed by atoms with Crippen LogP contribution >= 0.6 is 11.6 Å². The largest absolute Gasteiger partial charge is 0.464 e. The predicted molar refractivity (Wildman–Crippen MR) is 142 cm³/mol. The van der Waals surface area contributed by atoms with Gasteiger partial charge < -0.3 is 20.0 Å². The molecule has 4 aromatic rings. The van der Waals surface area contributed by atoms with Gasteiger partial charge in [0.05, 0.1) is 17.2 Å². The molecule has 1 fully saturated rings. The number of nitrogens with one attached hydrogen (secondary N) is 2. The maximum atomic E-state index is 12.7. The molecule has 0 bridgehead atoms. The average molecular weight is 492 g/mol. The van der Waals surface area contributed by atoms with Gasteiger partial charge in [0.2, 0.25) is 5.95 Å². The molecular formula is C27H30ClN5O2. The first-order valence-corrected chi connectivity index (χ1v) is 12.5. The van der Waals surface area contributed by atoms with Crippen molar-refractivity contribution in [2.45, 2.75) is 38.3 Å². The summed E-state index contributed by atoms with van der Waals surface area (Å²) < 4.78 is 5.62. The number of benzene rings is 2. The number of hydrogen-bond donors (Lipinski definition) is 2. The van der Waals surface area contributed by atoms with Crippen molar-refractivity contribution in [1.82, 2.24) is 15.3 Å². The zero-order chi connectivity index (χ0) is 24.4. The van der Waals surface area contributed by atoms with E-state index in [-0.39, 0.29) is 5.43 Å². The number of anilines is 2. The van der Waals surface area contributed by atoms with Crippen molar-refractivity contribution in [3.63, 3.8) is 0 Å². The first-order valence-electron chi connectivity index (χ1n) is 12.1. The van der Waals surface area contributed by atoms with Crippen LogP contribution in [-0.4, -0.2) is 36.6 Å². The van der Waals surface area contributed by atoms with Gasteiger partial charge in [0, 0.05) is 42.7 Å². The van der Waals surface area contributed by atoms with Crippen molar-refractivity contribution in [2.75, 3.05) is 30.9 Å². The van der Waals surface area contributed by atoms with Crippen LogP contribution in [0.1, 0.15) is 31.2 Å². The van der Waals surface area contributed by atoms with Gasteiger partial charge in [-0.25, -0.2) is 4.98 Å². The lowest BCUT2D eigenvalue weighted by molar-refractivity contribution is 0.323. The van der Waals surface area contributed by atoms with E-state index >= 15 is 0 Å². The molecule has 0 radical (unpaired) electrons. The van der Waals surface area contributed by atoms with Crippen LogP contribution in [0.25, 0.3) is 21.9 Å². The van der Waals surface area contributed by atoms with Crippen molar-refractivity contribution in [3.8, 4) is 0 Å². The molecule has 0 atom stereocenters. The maximum absolute atomic E-state index is 12.7. The summed E-state index contributed by atoms with van der Waals surface area (Å²) in [5.74, 6) is 2.19. The maximum Gasteiger partial charge on any atom is 0.225 e. The molecule has 2 aromatic heterocycles. The number of halogens is 1. The van der Waals surface area contributed by atoms with E-state index in [0.717, 1.165) is 48.9 Å². The Hall–Kier alpha value is -3.16. The van der Waals surface area contributed by atoms with Gasteiger partial charge >= 0.3 is 0 Å². The van der Waals surface area contributed by atoms with Gasteiger partial charge in [-0.2, -0.15) is 4.98 Å². The van der Waals surface area contributed by atoms with Crippen molar-refractivity contribution in [2.24, 2.45) is 5.92 Å². The number of nitrogens with zero attached hydrogens (tertiary/aromatic N) is 3. The zero-order valence-corrected chi connectivity index (χ0v) is 20.8. The fourth-order valence-corrected chi connectivity index (χ4v) is 5.01. The Morgan fingerprint density at radius 1 is 1.06 bits per heavy atom. The molecular weight excluding hydrogens is 462 g/mol. The Bertz CT molecular complexity index is 1400. The fraction of sp³-hybridized carbons (Fsp3) is 0.370. The van der Waals surface area contributed by atoms with E-state index in [1.54, 1.807) is 24.5 Å². The standard InChI is InChI=1S/C27H30ClN5O2/c1-33(2)26-21-5-3-4-6-23(21)31-27(32-26)30-20-10-7-17(8-11-20)14-29-15-18-16-35-24-12-9-19(28)13-22(24)25(18)34/h3-6,9,12-13,16-17,20,29H,7-8,10-11,14-15H2,1-2H3,(H,30,31,32)/t17-,20+. The number of hydrogen-bond acceptors (Lipinski definition) is 7. The van der Waals surface area contributed by atoms with Gasteiger partial charge in [-0.15, -0.1) is 0 Å². The lowest BCUT2D eigenvalue weighted by Crippen LogP contribution is -2.32. The molecule has 2 heterocycles. The highest BCUT2D eigenvalue weighted by Gasteiger charge is 2.22. The van der Waals surface area contributed by atoms with E-state index in [0.29, 0.717) is 46.0 Å². The molecule has 1 aliphatic carbocycles. The smallest absolute Gasteiger partial charge is 0.225 e. The third-order valence-corrected chi connectivity index (χ3v) is 6.98. The Balaban J connectivity index is 1.15. The molecule has 35 heavy (non-hydrogen) atoms. The SMILES string of the molecule is CN(C)c1nc(N[C@H]2CC[C@@H](CNCc3coc4ccc(Cl)cc4c3=O)CC2)nc2ccccc12. The summed E-state index contributed by atoms with van der Waals surface area (Å²) >= 11 is 6.05. The topological polar surface area (TPSA) is 83.3 Å². The Labute approximate surface area is 209 Å². The van der Waals surface area contributed by atoms with Crippen molar-refractivity contribution >= 4 is 45.2 Å². The van der Waals surface area contributed by atoms with Crippen LogP contribution in [-0.2, 0) is 6.54 Å². The van der Waals surface area contributed by atoms with Crippen LogP contribution in [0.3, 0.4) is 0 Å². The molecule has 182 valence electrons. The van der Waals surface area contributed by atoms with Crippen LogP contribution in [0.4, 0.5) is 11.8 Å². The molecule has 1 saturated carbocycles. The van der Waals surface area contributed by atoms with Crippen LogP contribution in [0.2, 0.25) is 5.02 Å². The average Bonchev–Trinajstić information content (AvgIpc) is 2.86. The second-order valence-electron chi connectivity index (χ2n) is 9.51. The third-order valence-electron chi connectivity index (χ3n) is 6.74. The Kier molecular flexibility index (Phi) is 6.88. The van der Waals surface area contributed by atoms with Gasteiger partial charge in [0.25, 0.3) is 0 Å². The minimum Gasteiger partial charge on any atom is -0.464 e. The molecule has 5 rings (SSSR count). The van der Waals surface area contributed by atoms with Gasteiger partial charge in [0.1, 0.15) is 11.4 Å². The van der Waals surface area contributed by atoms with Crippen LogP contribution in [0.5, 0.6) is 0 Å². The van der Waals surface area contributed by atoms with E-state index < -0.39 is 0 Å². The van der Waals surface area contributed by atoms with Crippen LogP contribution < -0.4 is 21.0 Å². The lowest BCUT2D eigenvalue weighted by atomic mass is 9.86. The lowest BCUT2D eigenvalue weighted by Gasteiger charge is -2.29. The van der Waals surface area contributed by atoms with Gasteiger partial charge in [-0.05, 0) is 68.5 Å². The molecule has 0 unspecified atom stereocenters. The second kappa shape index (κ2) is 10.2. The molecule has 0 spiro atoms. The van der Waals surface area contributed by atoms with Gasteiger partial charge in [0.15, 0.2) is 5.43 Å². The summed E-state index contributed by atoms with van der Waals surface area (Å²) in [6.45, 7) is 1.36. The number of fused-ring (bicyclic) bond motifs is 2. The monoisotopic (exact) mass is 491 g/mol. The summed E-state index contributed by atoms with van der Waals surface area (Å²) in [7, 11) is 4.02. The molecule has 2 N–H and O–H groups in total. The summed E-state index contributed by atoms with van der Waals surface area (Å²) in [6.07, 6.45) is 5.91. The normalized spacial score (nSPS) is 18.1. The van der Waals surface area contributed by atoms with E-state index in [1.165, 1.54) is 0 Å². The summed E-state index contributed by atoms with van der Waals surface area (Å²) in [5, 5.41) is 9.13. The van der Waals surface area contributed by atoms with E-state index in [4.69, 9.17) is 26.0 Å². The zero-order valence-electron chi connectivity index (χ0n) is 20.1. The molecule has 0 saturated heterocycles. The van der Waals surface area contributed by atoms with E-state index in [1.807, 2.05) is 37.2 Å². The first kappa shape index (κ1) is 23.6. The minimum absolute atomic E-state index is 0.0263. The summed E-state index contributed by atoms with van der Waals surface area (Å²) in [5.41, 5.74) is 2.11. The predicted octanol–water partition coefficient (Wildman–Crippen LogP) is 5.22.